The fourth-order valence-corrected chi connectivity index (χ4v) is 9.45. The number of aliphatic hydroxyl groups excluding tert-OH is 1. The molecule has 1 heterocycles. The molecule has 1 aliphatic heterocycles. The van der Waals surface area contributed by atoms with Crippen molar-refractivity contribution >= 4 is 33.5 Å². The summed E-state index contributed by atoms with van der Waals surface area (Å²) in [4.78, 5) is 77.0. The Balaban J connectivity index is 2.41. The average molecular weight is 986 g/mol. The van der Waals surface area contributed by atoms with Crippen molar-refractivity contribution in [3.8, 4) is 0 Å². The Labute approximate surface area is 398 Å². The Bertz CT molecular complexity index is 1310. The Morgan fingerprint density at radius 1 is 0.485 bits per heavy atom. The van der Waals surface area contributed by atoms with Gasteiger partial charge < -0.3 is 44.2 Å². The molecule has 0 aromatic rings. The smallest absolute Gasteiger partial charge is 0.466 e. The first-order valence-corrected chi connectivity index (χ1v) is 29.2. The number of phosphoric acid groups is 2. The molecule has 0 radical (unpaired) electrons. The molecule has 0 spiro atoms. The van der Waals surface area contributed by atoms with Crippen LogP contribution < -0.4 is 5.32 Å². The highest BCUT2D eigenvalue weighted by molar-refractivity contribution is 7.46. The fourth-order valence-electron chi connectivity index (χ4n) is 8.43. The van der Waals surface area contributed by atoms with Crippen LogP contribution in [-0.4, -0.2) is 86.4 Å². The molecule has 0 saturated carbocycles. The van der Waals surface area contributed by atoms with Crippen molar-refractivity contribution in [1.82, 2.24) is 5.32 Å². The van der Waals surface area contributed by atoms with E-state index in [-0.39, 0.29) is 18.8 Å². The maximum atomic E-state index is 13.2. The molecule has 1 fully saturated rings. The lowest BCUT2D eigenvalue weighted by atomic mass is 9.96. The normalized spacial score (nSPS) is 18.9. The molecule has 5 atom stereocenters. The summed E-state index contributed by atoms with van der Waals surface area (Å²) in [6, 6.07) is -1.65. The zero-order valence-corrected chi connectivity index (χ0v) is 42.8. The molecule has 1 rings (SSSR count). The maximum absolute atomic E-state index is 13.2. The summed E-state index contributed by atoms with van der Waals surface area (Å²) in [6.07, 6.45) is 29.2. The summed E-state index contributed by atoms with van der Waals surface area (Å²) in [5.41, 5.74) is 0. The van der Waals surface area contributed by atoms with Crippen LogP contribution in [0, 0.1) is 0 Å². The van der Waals surface area contributed by atoms with Gasteiger partial charge in [-0.2, -0.15) is 0 Å². The van der Waals surface area contributed by atoms with E-state index in [1.165, 1.54) is 89.9 Å². The van der Waals surface area contributed by atoms with E-state index < -0.39 is 64.8 Å². The number of carbonyl (C=O) groups is 3. The Kier molecular flexibility index (Phi) is 38.2. The third-order valence-electron chi connectivity index (χ3n) is 12.2. The molecule has 6 N–H and O–H groups in total. The van der Waals surface area contributed by atoms with Gasteiger partial charge in [0.15, 0.2) is 12.4 Å². The molecular weight excluding hydrogens is 892 g/mol. The minimum atomic E-state index is -5.30. The van der Waals surface area contributed by atoms with Gasteiger partial charge in [0.1, 0.15) is 18.2 Å². The van der Waals surface area contributed by atoms with Gasteiger partial charge in [0, 0.05) is 19.3 Å². The van der Waals surface area contributed by atoms with Crippen molar-refractivity contribution in [2.75, 3.05) is 13.2 Å². The van der Waals surface area contributed by atoms with Crippen molar-refractivity contribution in [3.63, 3.8) is 0 Å². The number of rotatable bonds is 45. The number of hydrogen-bond donors (Lipinski definition) is 6. The van der Waals surface area contributed by atoms with E-state index in [9.17, 15) is 48.2 Å². The predicted octanol–water partition coefficient (Wildman–Crippen LogP) is 11.3. The second-order valence-corrected chi connectivity index (χ2v) is 20.7. The first kappa shape index (κ1) is 62.6. The van der Waals surface area contributed by atoms with E-state index in [1.807, 2.05) is 0 Å². The van der Waals surface area contributed by atoms with Gasteiger partial charge in [-0.3, -0.25) is 23.4 Å². The van der Waals surface area contributed by atoms with Crippen LogP contribution in [0.25, 0.3) is 0 Å². The first-order valence-electron chi connectivity index (χ1n) is 26.1. The van der Waals surface area contributed by atoms with E-state index in [2.05, 4.69) is 19.2 Å². The molecule has 0 aliphatic carbocycles. The summed E-state index contributed by atoms with van der Waals surface area (Å²) in [5.74, 6) is -1.46. The van der Waals surface area contributed by atoms with Crippen LogP contribution in [0.3, 0.4) is 0 Å². The Morgan fingerprint density at radius 3 is 1.24 bits per heavy atom. The summed E-state index contributed by atoms with van der Waals surface area (Å²) >= 11 is 0. The summed E-state index contributed by atoms with van der Waals surface area (Å²) < 4.78 is 50.2. The minimum absolute atomic E-state index is 0.000646. The monoisotopic (exact) mass is 986 g/mol. The third kappa shape index (κ3) is 35.6. The van der Waals surface area contributed by atoms with Crippen LogP contribution in [0.2, 0.25) is 0 Å². The highest BCUT2D eigenvalue weighted by atomic mass is 31.2. The molecule has 0 unspecified atom stereocenters. The number of unbranched alkanes of at least 4 members (excludes halogenated alkanes) is 30. The minimum Gasteiger partial charge on any atom is -0.466 e. The van der Waals surface area contributed by atoms with Gasteiger partial charge in [-0.15, -0.1) is 0 Å². The van der Waals surface area contributed by atoms with Crippen molar-refractivity contribution in [3.05, 3.63) is 0 Å². The standard InChI is InChI=1S/C48H93NO15P2/c1-3-5-7-9-11-13-16-21-25-29-33-37-43(52)60-39-35-31-27-23-19-15-18-20-24-28-32-36-42(51)49-45-47(62-44(53)38-34-30-26-22-17-14-12-10-8-6-4-2)46(63-65(54,55)56)41(40-50)61-48(45)64-66(57,58)59/h41,45-48,50H,3-40H2,1-2H3,(H,49,51)(H2,54,55,56)(H2,57,58,59)/t41-,45-,46-,47+,48+/m1/s1. The third-order valence-corrected chi connectivity index (χ3v) is 13.2. The van der Waals surface area contributed by atoms with E-state index in [0.29, 0.717) is 25.9 Å². The quantitative estimate of drug-likeness (QED) is 0.0189. The van der Waals surface area contributed by atoms with Gasteiger partial charge in [-0.05, 0) is 25.7 Å². The molecule has 1 aliphatic rings. The molecule has 1 saturated heterocycles. The zero-order chi connectivity index (χ0) is 48.7. The predicted molar refractivity (Wildman–Crippen MR) is 256 cm³/mol. The number of amides is 1. The number of esters is 2. The van der Waals surface area contributed by atoms with Crippen LogP contribution in [0.4, 0.5) is 0 Å². The molecule has 390 valence electrons. The van der Waals surface area contributed by atoms with Gasteiger partial charge in [-0.25, -0.2) is 9.13 Å². The molecule has 0 aromatic carbocycles. The SMILES string of the molecule is CCCCCCCCCCCCCC(=O)OCCCCCCCCCCCCCC(=O)N[C@H]1[C@H](OP(=O)(O)O)O[C@H](CO)[C@@H](OP(=O)(O)O)[C@H]1OC(=O)CCCCCCCCCCCCC. The molecular formula is C48H93NO15P2. The zero-order valence-electron chi connectivity index (χ0n) is 41.0. The van der Waals surface area contributed by atoms with Crippen LogP contribution in [0.1, 0.15) is 245 Å². The largest absolute Gasteiger partial charge is 0.472 e. The Hall–Kier alpha value is -1.45. The number of ether oxygens (including phenoxy) is 3. The Morgan fingerprint density at radius 2 is 0.848 bits per heavy atom. The second kappa shape index (κ2) is 40.3. The van der Waals surface area contributed by atoms with Gasteiger partial charge in [-0.1, -0.05) is 200 Å². The highest BCUT2D eigenvalue weighted by Crippen LogP contribution is 2.45. The van der Waals surface area contributed by atoms with Crippen LogP contribution >= 0.6 is 15.6 Å². The molecule has 0 bridgehead atoms. The van der Waals surface area contributed by atoms with Gasteiger partial charge >= 0.3 is 27.6 Å². The topological polar surface area (TPSA) is 245 Å². The second-order valence-electron chi connectivity index (χ2n) is 18.4. The van der Waals surface area contributed by atoms with Crippen molar-refractivity contribution in [2.45, 2.75) is 276 Å². The number of hydrogen-bond acceptors (Lipinski definition) is 11. The van der Waals surface area contributed by atoms with E-state index in [4.69, 9.17) is 23.3 Å². The molecule has 1 amide bonds. The average Bonchev–Trinajstić information content (AvgIpc) is 3.25. The first-order chi connectivity index (χ1) is 31.7. The molecule has 18 heteroatoms. The number of nitrogens with one attached hydrogen (secondary N) is 1. The summed E-state index contributed by atoms with van der Waals surface area (Å²) in [7, 11) is -10.6. The number of phosphoric ester groups is 2. The maximum Gasteiger partial charge on any atom is 0.472 e. The number of carbonyl (C=O) groups excluding carboxylic acids is 3. The molecule has 16 nitrogen and oxygen atoms in total. The summed E-state index contributed by atoms with van der Waals surface area (Å²) in [6.45, 7) is 3.98. The van der Waals surface area contributed by atoms with E-state index in [1.54, 1.807) is 0 Å². The van der Waals surface area contributed by atoms with E-state index in [0.717, 1.165) is 109 Å². The lowest BCUT2D eigenvalue weighted by molar-refractivity contribution is -0.250. The van der Waals surface area contributed by atoms with Gasteiger partial charge in [0.2, 0.25) is 5.91 Å². The van der Waals surface area contributed by atoms with Crippen LogP contribution in [0.5, 0.6) is 0 Å². The lowest BCUT2D eigenvalue weighted by Crippen LogP contribution is -2.66. The van der Waals surface area contributed by atoms with Gasteiger partial charge in [0.25, 0.3) is 0 Å². The van der Waals surface area contributed by atoms with E-state index >= 15 is 0 Å². The van der Waals surface area contributed by atoms with Crippen molar-refractivity contribution < 1.29 is 71.5 Å². The highest BCUT2D eigenvalue weighted by Gasteiger charge is 2.53. The summed E-state index contributed by atoms with van der Waals surface area (Å²) in [5, 5.41) is 12.6. The van der Waals surface area contributed by atoms with Gasteiger partial charge in [0.05, 0.1) is 13.2 Å². The van der Waals surface area contributed by atoms with Crippen molar-refractivity contribution in [2.24, 2.45) is 0 Å². The lowest BCUT2D eigenvalue weighted by Gasteiger charge is -2.45. The van der Waals surface area contributed by atoms with Crippen molar-refractivity contribution in [1.29, 1.82) is 0 Å². The van der Waals surface area contributed by atoms with Crippen LogP contribution in [-0.2, 0) is 46.8 Å². The van der Waals surface area contributed by atoms with Crippen LogP contribution in [0.15, 0.2) is 0 Å². The molecule has 66 heavy (non-hydrogen) atoms. The fraction of sp³-hybridized carbons (Fsp3) is 0.938. The number of aliphatic hydroxyl groups is 1. The molecule has 0 aromatic heterocycles.